The number of halogens is 3. The molecule has 0 radical (unpaired) electrons. The summed E-state index contributed by atoms with van der Waals surface area (Å²) in [4.78, 5) is 79.4. The van der Waals surface area contributed by atoms with Crippen LogP contribution in [0.25, 0.3) is 0 Å². The number of ether oxygens (including phenoxy) is 6. The first-order valence-electron chi connectivity index (χ1n) is 34.0. The molecule has 13 rings (SSSR count). The molecule has 1 atom stereocenters. The summed E-state index contributed by atoms with van der Waals surface area (Å²) in [7, 11) is 11.6. The van der Waals surface area contributed by atoms with Crippen molar-refractivity contribution in [3.8, 4) is 34.5 Å². The van der Waals surface area contributed by atoms with E-state index < -0.39 is 5.92 Å². The van der Waals surface area contributed by atoms with Crippen LogP contribution < -0.4 is 53.3 Å². The van der Waals surface area contributed by atoms with Crippen molar-refractivity contribution in [2.45, 2.75) is 79.9 Å². The molecule has 1 saturated heterocycles. The minimum Gasteiger partial charge on any atom is -0.497 e. The Kier molecular flexibility index (Phi) is 24.4. The highest BCUT2D eigenvalue weighted by Crippen LogP contribution is 2.45. The molecule has 0 saturated carbocycles. The number of Topliss-reactive ketones (excluding diaryl/α,β-unsaturated/α-hetero) is 1. The van der Waals surface area contributed by atoms with Gasteiger partial charge in [-0.15, -0.1) is 0 Å². The van der Waals surface area contributed by atoms with Gasteiger partial charge in [-0.2, -0.15) is 9.97 Å². The van der Waals surface area contributed by atoms with Crippen molar-refractivity contribution in [3.63, 3.8) is 0 Å². The summed E-state index contributed by atoms with van der Waals surface area (Å²) in [5.74, 6) is 4.48. The molecule has 544 valence electrons. The number of amides is 4. The maximum atomic E-state index is 14.4. The lowest BCUT2D eigenvalue weighted by Crippen LogP contribution is -2.46. The average molecular weight is 1480 g/mol. The maximum Gasteiger partial charge on any atom is 0.335 e. The van der Waals surface area contributed by atoms with Gasteiger partial charge in [0, 0.05) is 110 Å². The van der Waals surface area contributed by atoms with Crippen LogP contribution in [-0.2, 0) is 37.3 Å². The van der Waals surface area contributed by atoms with E-state index in [1.807, 2.05) is 133 Å². The van der Waals surface area contributed by atoms with Gasteiger partial charge >= 0.3 is 12.1 Å². The minimum atomic E-state index is -0.421. The second kappa shape index (κ2) is 33.9. The van der Waals surface area contributed by atoms with Gasteiger partial charge in [0.25, 0.3) is 0 Å². The van der Waals surface area contributed by atoms with E-state index in [4.69, 9.17) is 68.2 Å². The van der Waals surface area contributed by atoms with Crippen LogP contribution in [0.1, 0.15) is 72.7 Å². The monoisotopic (exact) mass is 1480 g/mol. The van der Waals surface area contributed by atoms with Gasteiger partial charge in [-0.05, 0) is 165 Å². The quantitative estimate of drug-likeness (QED) is 0.0554. The SMILES string of the molecule is COc1ccc(CC(=O)C(Cc2cnc(Cl)nc2Cl)c2c(C)cccc2C)c(OC)c1.COc1ccc(N2C(=O)N(c3c(C)cccc3C)Cc3cnc(Cl)nc32)c(OC)c1.COc1ccc(N2C(=O)N(c3c(C)cccc3C)Cc3cnc(Nc4ccc(CN5CCN(C)CC5)cc4)nc32)c(OC)c1. The maximum absolute atomic E-state index is 14.4. The van der Waals surface area contributed by atoms with Gasteiger partial charge in [0.1, 0.15) is 45.4 Å². The molecule has 22 nitrogen and oxygen atoms in total. The number of anilines is 8. The van der Waals surface area contributed by atoms with Gasteiger partial charge in [-0.3, -0.25) is 19.5 Å². The van der Waals surface area contributed by atoms with Crippen molar-refractivity contribution in [1.29, 1.82) is 0 Å². The zero-order valence-electron chi connectivity index (χ0n) is 61.0. The van der Waals surface area contributed by atoms with Crippen LogP contribution in [0, 0.1) is 41.5 Å². The molecular weight excluding hydrogens is 1390 g/mol. The van der Waals surface area contributed by atoms with Crippen molar-refractivity contribution in [2.24, 2.45) is 0 Å². The summed E-state index contributed by atoms with van der Waals surface area (Å²) in [6, 6.07) is 42.0. The van der Waals surface area contributed by atoms with E-state index in [9.17, 15) is 14.4 Å². The van der Waals surface area contributed by atoms with E-state index in [0.717, 1.165) is 105 Å². The number of benzene rings is 7. The smallest absolute Gasteiger partial charge is 0.335 e. The van der Waals surface area contributed by atoms with E-state index >= 15 is 0 Å². The first kappa shape index (κ1) is 75.5. The number of hydrogen-bond acceptors (Lipinski definition) is 18. The number of rotatable bonds is 20. The molecule has 3 aromatic heterocycles. The van der Waals surface area contributed by atoms with Crippen molar-refractivity contribution in [1.82, 2.24) is 39.7 Å². The molecule has 10 aromatic rings. The molecule has 7 aromatic carbocycles. The second-order valence-electron chi connectivity index (χ2n) is 25.7. The molecule has 0 aliphatic carbocycles. The van der Waals surface area contributed by atoms with Crippen LogP contribution in [0.5, 0.6) is 34.5 Å². The third-order valence-corrected chi connectivity index (χ3v) is 19.5. The van der Waals surface area contributed by atoms with Crippen molar-refractivity contribution in [3.05, 3.63) is 235 Å². The number of methoxy groups -OCH3 is 6. The molecule has 0 spiro atoms. The molecule has 3 aliphatic heterocycles. The van der Waals surface area contributed by atoms with Crippen LogP contribution in [-0.4, -0.2) is 133 Å². The van der Waals surface area contributed by atoms with Crippen molar-refractivity contribution < 1.29 is 42.8 Å². The number of para-hydroxylation sites is 2. The molecular formula is C80H84Cl3N13O9. The number of ketones is 1. The number of hydrogen-bond donors (Lipinski definition) is 1. The highest BCUT2D eigenvalue weighted by atomic mass is 35.5. The average Bonchev–Trinajstić information content (AvgIpc) is 0.751. The summed E-state index contributed by atoms with van der Waals surface area (Å²) >= 11 is 18.2. The highest BCUT2D eigenvalue weighted by Gasteiger charge is 2.39. The molecule has 1 fully saturated rings. The number of fused-ring (bicyclic) bond motifs is 2. The number of nitrogens with zero attached hydrogens (tertiary/aromatic N) is 12. The fourth-order valence-corrected chi connectivity index (χ4v) is 13.9. The van der Waals surface area contributed by atoms with Crippen LogP contribution in [0.4, 0.5) is 55.6 Å². The standard InChI is InChI=1S/C34H39N7O3.C24H24Cl2N2O3.C22H21ClN4O3/c1-23-7-6-8-24(2)31(23)40-22-26-20-35-33(36-27-11-9-25(10-12-27)21-39-17-15-38(3)16-18-39)37-32(26)41(34(40)42)29-14-13-28(43-4)19-30(29)44-5;1-14-6-5-7-15(2)22(14)19(10-17-13-27-24(26)28-23(17)25)20(29)11-16-8-9-18(30-3)12-21(16)31-4;1-13-6-5-7-14(2)19(13)26-12-15-11-24-21(23)25-20(15)27(22(26)28)17-9-8-16(29-3)10-18(17)30-4/h6-14,19-20H,15-18,21-22H2,1-5H3,(H,35,36,37);5-9,12-13,19H,10-11H2,1-4H3;5-11H,12H2,1-4H3. The largest absolute Gasteiger partial charge is 0.497 e. The number of urea groups is 2. The lowest BCUT2D eigenvalue weighted by Gasteiger charge is -2.37. The summed E-state index contributed by atoms with van der Waals surface area (Å²) in [6.45, 7) is 18.0. The Labute approximate surface area is 627 Å². The third kappa shape index (κ3) is 17.1. The fourth-order valence-electron chi connectivity index (χ4n) is 13.4. The number of aryl methyl sites for hydroxylation is 6. The molecule has 0 bridgehead atoms. The fraction of sp³-hybridized carbons (Fsp3) is 0.287. The van der Waals surface area contributed by atoms with Crippen LogP contribution in [0.2, 0.25) is 15.7 Å². The van der Waals surface area contributed by atoms with Crippen LogP contribution >= 0.6 is 34.8 Å². The van der Waals surface area contributed by atoms with Gasteiger partial charge in [0.15, 0.2) is 11.6 Å². The van der Waals surface area contributed by atoms with E-state index in [0.29, 0.717) is 88.5 Å². The Hall–Kier alpha value is -10.6. The topological polar surface area (TPSA) is 215 Å². The summed E-state index contributed by atoms with van der Waals surface area (Å²) < 4.78 is 32.8. The van der Waals surface area contributed by atoms with Crippen LogP contribution in [0.3, 0.4) is 0 Å². The third-order valence-electron chi connectivity index (χ3n) is 18.8. The number of piperazine rings is 1. The second-order valence-corrected chi connectivity index (χ2v) is 26.8. The summed E-state index contributed by atoms with van der Waals surface area (Å²) in [6.07, 6.45) is 5.61. The van der Waals surface area contributed by atoms with E-state index in [1.54, 1.807) is 106 Å². The Morgan fingerprint density at radius 2 is 0.962 bits per heavy atom. The molecule has 1 unspecified atom stereocenters. The number of carbonyl (C=O) groups is 3. The van der Waals surface area contributed by atoms with Gasteiger partial charge < -0.3 is 38.6 Å². The number of likely N-dealkylation sites (N-methyl/N-ethyl adjacent to an activating group) is 1. The predicted molar refractivity (Wildman–Crippen MR) is 413 cm³/mol. The number of nitrogens with one attached hydrogen (secondary N) is 1. The number of carbonyl (C=O) groups excluding carboxylic acids is 3. The Morgan fingerprint density at radius 3 is 1.46 bits per heavy atom. The number of aromatic nitrogens is 6. The Bertz CT molecular complexity index is 4770. The Balaban J connectivity index is 0.000000162. The Morgan fingerprint density at radius 1 is 0.505 bits per heavy atom. The summed E-state index contributed by atoms with van der Waals surface area (Å²) in [5, 5.41) is 3.74. The van der Waals surface area contributed by atoms with Gasteiger partial charge in [0.2, 0.25) is 16.5 Å². The first-order valence-corrected chi connectivity index (χ1v) is 35.2. The molecule has 6 heterocycles. The zero-order chi connectivity index (χ0) is 74.8. The first-order chi connectivity index (χ1) is 50.6. The summed E-state index contributed by atoms with van der Waals surface area (Å²) in [5.41, 5.74) is 15.2. The molecule has 25 heteroatoms. The van der Waals surface area contributed by atoms with E-state index in [1.165, 1.54) is 10.5 Å². The molecule has 105 heavy (non-hydrogen) atoms. The lowest BCUT2D eigenvalue weighted by molar-refractivity contribution is -0.119. The van der Waals surface area contributed by atoms with Crippen molar-refractivity contribution >= 4 is 98.7 Å². The van der Waals surface area contributed by atoms with Crippen LogP contribution in [0.15, 0.2) is 152 Å². The highest BCUT2D eigenvalue weighted by molar-refractivity contribution is 6.32. The van der Waals surface area contributed by atoms with Crippen molar-refractivity contribution in [2.75, 3.05) is 101 Å². The zero-order valence-corrected chi connectivity index (χ0v) is 63.3. The minimum absolute atomic E-state index is 0.0480. The van der Waals surface area contributed by atoms with Gasteiger partial charge in [-0.1, -0.05) is 84.4 Å². The molecule has 3 aliphatic rings. The lowest BCUT2D eigenvalue weighted by atomic mass is 9.82. The molecule has 4 amide bonds. The normalized spacial score (nSPS) is 13.9. The van der Waals surface area contributed by atoms with Gasteiger partial charge in [0.05, 0.1) is 78.5 Å². The molecule has 1 N–H and O–H groups in total. The predicted octanol–water partition coefficient (Wildman–Crippen LogP) is 16.5. The van der Waals surface area contributed by atoms with E-state index in [-0.39, 0.29) is 40.0 Å². The van der Waals surface area contributed by atoms with E-state index in [2.05, 4.69) is 59.2 Å². The van der Waals surface area contributed by atoms with Gasteiger partial charge in [-0.25, -0.2) is 39.3 Å².